The Balaban J connectivity index is 2.19. The van der Waals surface area contributed by atoms with Crippen LogP contribution in [0, 0.1) is 0 Å². The highest BCUT2D eigenvalue weighted by molar-refractivity contribution is 5.62. The van der Waals surface area contributed by atoms with E-state index in [4.69, 9.17) is 0 Å². The summed E-state index contributed by atoms with van der Waals surface area (Å²) in [6.45, 7) is 8.66. The smallest absolute Gasteiger partial charge is 0.0568 e. The molecule has 2 rings (SSSR count). The van der Waals surface area contributed by atoms with Gasteiger partial charge in [0.25, 0.3) is 0 Å². The fourth-order valence-corrected chi connectivity index (χ4v) is 2.62. The van der Waals surface area contributed by atoms with Crippen LogP contribution in [0.3, 0.4) is 0 Å². The van der Waals surface area contributed by atoms with Crippen molar-refractivity contribution < 1.29 is 0 Å². The zero-order chi connectivity index (χ0) is 15.1. The first-order valence-corrected chi connectivity index (χ1v) is 8.14. The standard InChI is InChI=1S/C18H27N3/c1-4-10-19-18(6-3)16-9-7-8-15(12-16)17-13-20-21(14-17)11-5-2/h7-9,12-14,18-19H,4-6,10-11H2,1-3H3. The van der Waals surface area contributed by atoms with Gasteiger partial charge in [-0.05, 0) is 43.0 Å². The van der Waals surface area contributed by atoms with Crippen molar-refractivity contribution in [3.05, 3.63) is 42.2 Å². The Morgan fingerprint density at radius 2 is 2.00 bits per heavy atom. The Morgan fingerprint density at radius 3 is 2.71 bits per heavy atom. The highest BCUT2D eigenvalue weighted by Gasteiger charge is 2.09. The molecule has 1 aromatic carbocycles. The van der Waals surface area contributed by atoms with Crippen LogP contribution in [-0.4, -0.2) is 16.3 Å². The summed E-state index contributed by atoms with van der Waals surface area (Å²) < 4.78 is 2.02. The van der Waals surface area contributed by atoms with Crippen molar-refractivity contribution in [2.75, 3.05) is 6.54 Å². The van der Waals surface area contributed by atoms with E-state index in [1.54, 1.807) is 0 Å². The molecule has 1 N–H and O–H groups in total. The maximum absolute atomic E-state index is 4.43. The molecule has 0 amide bonds. The lowest BCUT2D eigenvalue weighted by Gasteiger charge is -2.17. The second-order valence-corrected chi connectivity index (χ2v) is 5.53. The van der Waals surface area contributed by atoms with Crippen molar-refractivity contribution >= 4 is 0 Å². The van der Waals surface area contributed by atoms with Gasteiger partial charge in [0.05, 0.1) is 6.20 Å². The molecule has 1 aromatic heterocycles. The van der Waals surface area contributed by atoms with E-state index in [1.165, 1.54) is 23.1 Å². The van der Waals surface area contributed by atoms with Crippen LogP contribution in [0.2, 0.25) is 0 Å². The SMILES string of the molecule is CCCNC(CC)c1cccc(-c2cnn(CCC)c2)c1. The minimum absolute atomic E-state index is 0.440. The minimum Gasteiger partial charge on any atom is -0.310 e. The average molecular weight is 285 g/mol. The van der Waals surface area contributed by atoms with Gasteiger partial charge in [0.15, 0.2) is 0 Å². The maximum atomic E-state index is 4.43. The molecule has 0 aliphatic heterocycles. The highest BCUT2D eigenvalue weighted by atomic mass is 15.3. The van der Waals surface area contributed by atoms with Crippen molar-refractivity contribution in [2.24, 2.45) is 0 Å². The Morgan fingerprint density at radius 1 is 1.14 bits per heavy atom. The molecule has 1 unspecified atom stereocenters. The first-order chi connectivity index (χ1) is 10.3. The molecule has 1 heterocycles. The maximum Gasteiger partial charge on any atom is 0.0568 e. The lowest BCUT2D eigenvalue weighted by Crippen LogP contribution is -2.21. The predicted octanol–water partition coefficient (Wildman–Crippen LogP) is 4.41. The van der Waals surface area contributed by atoms with Crippen LogP contribution in [0.1, 0.15) is 51.6 Å². The summed E-state index contributed by atoms with van der Waals surface area (Å²) in [6.07, 6.45) is 7.50. The molecule has 0 saturated heterocycles. The van der Waals surface area contributed by atoms with Crippen molar-refractivity contribution in [2.45, 2.75) is 52.6 Å². The van der Waals surface area contributed by atoms with E-state index >= 15 is 0 Å². The lowest BCUT2D eigenvalue weighted by molar-refractivity contribution is 0.518. The molecule has 21 heavy (non-hydrogen) atoms. The molecule has 0 fully saturated rings. The zero-order valence-corrected chi connectivity index (χ0v) is 13.5. The van der Waals surface area contributed by atoms with Gasteiger partial charge in [-0.1, -0.05) is 39.0 Å². The van der Waals surface area contributed by atoms with E-state index in [1.807, 2.05) is 10.9 Å². The molecule has 3 heteroatoms. The van der Waals surface area contributed by atoms with Crippen LogP contribution < -0.4 is 5.32 Å². The Bertz CT molecular complexity index is 545. The number of aromatic nitrogens is 2. The fourth-order valence-electron chi connectivity index (χ4n) is 2.62. The predicted molar refractivity (Wildman–Crippen MR) is 89.3 cm³/mol. The van der Waals surface area contributed by atoms with Gasteiger partial charge in [-0.3, -0.25) is 4.68 Å². The molecular weight excluding hydrogens is 258 g/mol. The van der Waals surface area contributed by atoms with Crippen molar-refractivity contribution in [3.63, 3.8) is 0 Å². The van der Waals surface area contributed by atoms with E-state index in [0.29, 0.717) is 6.04 Å². The van der Waals surface area contributed by atoms with Crippen molar-refractivity contribution in [1.82, 2.24) is 15.1 Å². The van der Waals surface area contributed by atoms with Crippen molar-refractivity contribution in [3.8, 4) is 11.1 Å². The number of hydrogen-bond acceptors (Lipinski definition) is 2. The number of rotatable bonds is 8. The quantitative estimate of drug-likeness (QED) is 0.778. The first-order valence-electron chi connectivity index (χ1n) is 8.14. The Hall–Kier alpha value is -1.61. The van der Waals surface area contributed by atoms with Crippen LogP contribution in [0.25, 0.3) is 11.1 Å². The summed E-state index contributed by atoms with van der Waals surface area (Å²) in [6, 6.07) is 9.28. The van der Waals surface area contributed by atoms with E-state index < -0.39 is 0 Å². The number of nitrogens with zero attached hydrogens (tertiary/aromatic N) is 2. The summed E-state index contributed by atoms with van der Waals surface area (Å²) in [4.78, 5) is 0. The summed E-state index contributed by atoms with van der Waals surface area (Å²) in [7, 11) is 0. The number of hydrogen-bond donors (Lipinski definition) is 1. The third kappa shape index (κ3) is 4.18. The average Bonchev–Trinajstić information content (AvgIpc) is 2.97. The minimum atomic E-state index is 0.440. The molecule has 3 nitrogen and oxygen atoms in total. The molecule has 0 saturated carbocycles. The van der Waals surface area contributed by atoms with E-state index in [0.717, 1.165) is 25.9 Å². The van der Waals surface area contributed by atoms with Crippen LogP contribution in [0.15, 0.2) is 36.7 Å². The van der Waals surface area contributed by atoms with Gasteiger partial charge in [-0.15, -0.1) is 0 Å². The van der Waals surface area contributed by atoms with Gasteiger partial charge < -0.3 is 5.32 Å². The molecule has 1 atom stereocenters. The van der Waals surface area contributed by atoms with Crippen molar-refractivity contribution in [1.29, 1.82) is 0 Å². The summed E-state index contributed by atoms with van der Waals surface area (Å²) in [5, 5.41) is 8.05. The molecular formula is C18H27N3. The van der Waals surface area contributed by atoms with Gasteiger partial charge in [0.1, 0.15) is 0 Å². The van der Waals surface area contributed by atoms with Crippen LogP contribution in [0.4, 0.5) is 0 Å². The van der Waals surface area contributed by atoms with Gasteiger partial charge in [-0.2, -0.15) is 5.10 Å². The molecule has 0 aliphatic rings. The Labute approximate surface area is 128 Å². The summed E-state index contributed by atoms with van der Waals surface area (Å²) in [5.74, 6) is 0. The largest absolute Gasteiger partial charge is 0.310 e. The van der Waals surface area contributed by atoms with Gasteiger partial charge in [-0.25, -0.2) is 0 Å². The molecule has 0 bridgehead atoms. The molecule has 0 spiro atoms. The fraction of sp³-hybridized carbons (Fsp3) is 0.500. The highest BCUT2D eigenvalue weighted by Crippen LogP contribution is 2.24. The second-order valence-electron chi connectivity index (χ2n) is 5.53. The number of benzene rings is 1. The molecule has 0 aliphatic carbocycles. The first kappa shape index (κ1) is 15.8. The molecule has 2 aromatic rings. The molecule has 114 valence electrons. The number of nitrogens with one attached hydrogen (secondary N) is 1. The second kappa shape index (κ2) is 7.99. The lowest BCUT2D eigenvalue weighted by atomic mass is 9.99. The monoisotopic (exact) mass is 285 g/mol. The van der Waals surface area contributed by atoms with E-state index in [2.05, 4.69) is 61.6 Å². The third-order valence-electron chi connectivity index (χ3n) is 3.76. The van der Waals surface area contributed by atoms with Crippen LogP contribution >= 0.6 is 0 Å². The van der Waals surface area contributed by atoms with Gasteiger partial charge in [0, 0.05) is 24.3 Å². The topological polar surface area (TPSA) is 29.9 Å². The number of aryl methyl sites for hydroxylation is 1. The van der Waals surface area contributed by atoms with Gasteiger partial charge >= 0.3 is 0 Å². The normalized spacial score (nSPS) is 12.5. The summed E-state index contributed by atoms with van der Waals surface area (Å²) in [5.41, 5.74) is 3.83. The van der Waals surface area contributed by atoms with E-state index in [-0.39, 0.29) is 0 Å². The molecule has 0 radical (unpaired) electrons. The third-order valence-corrected chi connectivity index (χ3v) is 3.76. The summed E-state index contributed by atoms with van der Waals surface area (Å²) >= 11 is 0. The van der Waals surface area contributed by atoms with Gasteiger partial charge in [0.2, 0.25) is 0 Å². The van der Waals surface area contributed by atoms with E-state index in [9.17, 15) is 0 Å². The zero-order valence-electron chi connectivity index (χ0n) is 13.5. The van der Waals surface area contributed by atoms with Crippen LogP contribution in [-0.2, 0) is 6.54 Å². The Kier molecular flexibility index (Phi) is 6.00. The van der Waals surface area contributed by atoms with Crippen LogP contribution in [0.5, 0.6) is 0 Å².